The zero-order chi connectivity index (χ0) is 21.7. The number of nitrogens with one attached hydrogen (secondary N) is 1. The third-order valence-electron chi connectivity index (χ3n) is 4.74. The lowest BCUT2D eigenvalue weighted by Crippen LogP contribution is -2.40. The zero-order valence-corrected chi connectivity index (χ0v) is 17.2. The molecule has 1 aromatic heterocycles. The first-order valence-corrected chi connectivity index (χ1v) is 9.58. The summed E-state index contributed by atoms with van der Waals surface area (Å²) in [5, 5.41) is 14.4. The van der Waals surface area contributed by atoms with E-state index >= 15 is 0 Å². The van der Waals surface area contributed by atoms with Crippen LogP contribution in [0.3, 0.4) is 0 Å². The summed E-state index contributed by atoms with van der Waals surface area (Å²) in [4.78, 5) is 12.0. The summed E-state index contributed by atoms with van der Waals surface area (Å²) in [7, 11) is 1.61. The van der Waals surface area contributed by atoms with Crippen molar-refractivity contribution in [2.24, 2.45) is 5.84 Å². The molecular formula is C23H23N5O2. The van der Waals surface area contributed by atoms with Crippen molar-refractivity contribution in [1.29, 1.82) is 5.26 Å². The van der Waals surface area contributed by atoms with Gasteiger partial charge in [0.05, 0.1) is 18.2 Å². The molecule has 0 saturated carbocycles. The van der Waals surface area contributed by atoms with Crippen LogP contribution in [0.4, 0.5) is 10.5 Å². The number of nitrogens with two attached hydrogens (primary N) is 1. The monoisotopic (exact) mass is 401 g/mol. The summed E-state index contributed by atoms with van der Waals surface area (Å²) in [5.41, 5.74) is 3.39. The fourth-order valence-corrected chi connectivity index (χ4v) is 3.17. The van der Waals surface area contributed by atoms with Crippen LogP contribution in [0, 0.1) is 23.2 Å². The van der Waals surface area contributed by atoms with Crippen molar-refractivity contribution >= 4 is 22.6 Å². The van der Waals surface area contributed by atoms with Gasteiger partial charge in [-0.05, 0) is 50.1 Å². The van der Waals surface area contributed by atoms with Crippen molar-refractivity contribution in [1.82, 2.24) is 9.58 Å². The van der Waals surface area contributed by atoms with Gasteiger partial charge in [0, 0.05) is 35.8 Å². The van der Waals surface area contributed by atoms with E-state index in [1.165, 1.54) is 0 Å². The largest absolute Gasteiger partial charge is 0.497 e. The number of aryl methyl sites for hydroxylation is 1. The SMILES string of the molecule is CCN(N)C(=O)Nc1cccc(C#Cc2c(C#N)c3ccc(OC)cc3n2CC)c1. The molecule has 0 atom stereocenters. The van der Waals surface area contributed by atoms with Gasteiger partial charge in [0.25, 0.3) is 0 Å². The highest BCUT2D eigenvalue weighted by molar-refractivity contribution is 5.91. The molecule has 7 nitrogen and oxygen atoms in total. The summed E-state index contributed by atoms with van der Waals surface area (Å²) in [5.74, 6) is 12.6. The van der Waals surface area contributed by atoms with Crippen LogP contribution in [-0.4, -0.2) is 29.3 Å². The van der Waals surface area contributed by atoms with Gasteiger partial charge in [0.15, 0.2) is 0 Å². The summed E-state index contributed by atoms with van der Waals surface area (Å²) in [6.07, 6.45) is 0. The minimum absolute atomic E-state index is 0.394. The molecule has 0 saturated heterocycles. The highest BCUT2D eigenvalue weighted by Crippen LogP contribution is 2.29. The maximum atomic E-state index is 12.0. The predicted octanol–water partition coefficient (Wildman–Crippen LogP) is 3.67. The Bertz CT molecular complexity index is 1190. The van der Waals surface area contributed by atoms with Crippen molar-refractivity contribution in [2.75, 3.05) is 19.0 Å². The van der Waals surface area contributed by atoms with Gasteiger partial charge in [-0.1, -0.05) is 12.0 Å². The number of methoxy groups -OCH3 is 1. The molecule has 0 unspecified atom stereocenters. The van der Waals surface area contributed by atoms with E-state index in [4.69, 9.17) is 10.6 Å². The molecule has 0 aliphatic heterocycles. The summed E-state index contributed by atoms with van der Waals surface area (Å²) < 4.78 is 7.33. The molecule has 0 bridgehead atoms. The number of hydrogen-bond donors (Lipinski definition) is 2. The molecule has 3 aromatic rings. The van der Waals surface area contributed by atoms with Crippen LogP contribution in [0.15, 0.2) is 42.5 Å². The number of rotatable bonds is 4. The maximum Gasteiger partial charge on any atom is 0.335 e. The van der Waals surface area contributed by atoms with Crippen molar-refractivity contribution in [3.05, 3.63) is 59.3 Å². The number of anilines is 1. The van der Waals surface area contributed by atoms with E-state index in [1.807, 2.05) is 35.8 Å². The predicted molar refractivity (Wildman–Crippen MR) is 117 cm³/mol. The number of nitriles is 1. The number of nitrogens with zero attached hydrogens (tertiary/aromatic N) is 3. The average Bonchev–Trinajstić information content (AvgIpc) is 3.08. The van der Waals surface area contributed by atoms with Gasteiger partial charge in [-0.15, -0.1) is 0 Å². The molecule has 152 valence electrons. The molecule has 0 fully saturated rings. The number of urea groups is 1. The second kappa shape index (κ2) is 9.04. The molecule has 0 spiro atoms. The van der Waals surface area contributed by atoms with Crippen LogP contribution in [0.5, 0.6) is 5.75 Å². The minimum Gasteiger partial charge on any atom is -0.497 e. The summed E-state index contributed by atoms with van der Waals surface area (Å²) in [6, 6.07) is 14.7. The normalized spacial score (nSPS) is 10.1. The van der Waals surface area contributed by atoms with Gasteiger partial charge in [0.1, 0.15) is 17.5 Å². The third-order valence-corrected chi connectivity index (χ3v) is 4.74. The van der Waals surface area contributed by atoms with E-state index in [0.29, 0.717) is 35.6 Å². The van der Waals surface area contributed by atoms with E-state index in [9.17, 15) is 10.1 Å². The maximum absolute atomic E-state index is 12.0. The molecule has 0 aliphatic rings. The molecule has 2 amide bonds. The second-order valence-corrected chi connectivity index (χ2v) is 6.51. The molecular weight excluding hydrogens is 378 g/mol. The number of amides is 2. The van der Waals surface area contributed by atoms with E-state index < -0.39 is 6.03 Å². The van der Waals surface area contributed by atoms with Crippen LogP contribution in [0.1, 0.15) is 30.7 Å². The molecule has 3 N–H and O–H groups in total. The smallest absolute Gasteiger partial charge is 0.335 e. The molecule has 0 radical (unpaired) electrons. The first-order chi connectivity index (χ1) is 14.5. The Hall–Kier alpha value is -3.94. The Morgan fingerprint density at radius 1 is 1.23 bits per heavy atom. The van der Waals surface area contributed by atoms with Gasteiger partial charge in [0.2, 0.25) is 0 Å². The Morgan fingerprint density at radius 3 is 2.70 bits per heavy atom. The molecule has 3 rings (SSSR count). The van der Waals surface area contributed by atoms with Crippen molar-refractivity contribution in [3.63, 3.8) is 0 Å². The number of ether oxygens (including phenoxy) is 1. The van der Waals surface area contributed by atoms with Crippen LogP contribution in [-0.2, 0) is 6.54 Å². The minimum atomic E-state index is -0.394. The van der Waals surface area contributed by atoms with Crippen LogP contribution < -0.4 is 15.9 Å². The van der Waals surface area contributed by atoms with Crippen molar-refractivity contribution in [3.8, 4) is 23.7 Å². The van der Waals surface area contributed by atoms with E-state index in [-0.39, 0.29) is 0 Å². The Balaban J connectivity index is 2.01. The van der Waals surface area contributed by atoms with Gasteiger partial charge in [-0.3, -0.25) is 5.01 Å². The van der Waals surface area contributed by atoms with E-state index in [1.54, 1.807) is 32.2 Å². The molecule has 0 aliphatic carbocycles. The zero-order valence-electron chi connectivity index (χ0n) is 17.2. The highest BCUT2D eigenvalue weighted by Gasteiger charge is 2.15. The van der Waals surface area contributed by atoms with Gasteiger partial charge in [-0.2, -0.15) is 5.26 Å². The van der Waals surface area contributed by atoms with Crippen LogP contribution in [0.2, 0.25) is 0 Å². The quantitative estimate of drug-likeness (QED) is 0.302. The number of fused-ring (bicyclic) bond motifs is 1. The van der Waals surface area contributed by atoms with Gasteiger partial charge >= 0.3 is 6.03 Å². The first kappa shape index (κ1) is 20.8. The lowest BCUT2D eigenvalue weighted by Gasteiger charge is -2.14. The van der Waals surface area contributed by atoms with Crippen molar-refractivity contribution < 1.29 is 9.53 Å². The van der Waals surface area contributed by atoms with Crippen LogP contribution >= 0.6 is 0 Å². The average molecular weight is 401 g/mol. The Kier molecular flexibility index (Phi) is 6.26. The fourth-order valence-electron chi connectivity index (χ4n) is 3.17. The Labute approximate surface area is 175 Å². The molecule has 30 heavy (non-hydrogen) atoms. The second-order valence-electron chi connectivity index (χ2n) is 6.51. The lowest BCUT2D eigenvalue weighted by molar-refractivity contribution is 0.215. The number of benzene rings is 2. The van der Waals surface area contributed by atoms with Gasteiger partial charge in [-0.25, -0.2) is 10.6 Å². The molecule has 7 heteroatoms. The lowest BCUT2D eigenvalue weighted by atomic mass is 10.1. The van der Waals surface area contributed by atoms with E-state index in [0.717, 1.165) is 21.7 Å². The molecule has 2 aromatic carbocycles. The molecule has 1 heterocycles. The fraction of sp³-hybridized carbons (Fsp3) is 0.217. The van der Waals surface area contributed by atoms with Crippen molar-refractivity contribution in [2.45, 2.75) is 20.4 Å². The first-order valence-electron chi connectivity index (χ1n) is 9.58. The standard InChI is InChI=1S/C23H23N5O2/c1-4-27-21(20(15-24)19-11-10-18(30-3)14-22(19)27)12-9-16-7-6-8-17(13-16)26-23(29)28(25)5-2/h6-8,10-11,13-14H,4-5,25H2,1-3H3,(H,26,29). The summed E-state index contributed by atoms with van der Waals surface area (Å²) in [6.45, 7) is 4.85. The number of carbonyl (C=O) groups is 1. The topological polar surface area (TPSA) is 96.3 Å². The number of aromatic nitrogens is 1. The Morgan fingerprint density at radius 2 is 2.03 bits per heavy atom. The number of carbonyl (C=O) groups excluding carboxylic acids is 1. The van der Waals surface area contributed by atoms with E-state index in [2.05, 4.69) is 23.2 Å². The third kappa shape index (κ3) is 4.07. The van der Waals surface area contributed by atoms with Gasteiger partial charge < -0.3 is 14.6 Å². The summed E-state index contributed by atoms with van der Waals surface area (Å²) >= 11 is 0. The highest BCUT2D eigenvalue weighted by atomic mass is 16.5. The van der Waals surface area contributed by atoms with Crippen LogP contribution in [0.25, 0.3) is 10.9 Å². The number of hydrogen-bond acceptors (Lipinski definition) is 4. The number of hydrazine groups is 1.